The average molecular weight is 268 g/mol. The highest BCUT2D eigenvalue weighted by Crippen LogP contribution is 2.31. The quantitative estimate of drug-likeness (QED) is 0.846. The van der Waals surface area contributed by atoms with Gasteiger partial charge >= 0.3 is 0 Å². The Hall–Kier alpha value is -2.69. The van der Waals surface area contributed by atoms with E-state index in [4.69, 9.17) is 4.74 Å². The lowest BCUT2D eigenvalue weighted by atomic mass is 10.0. The van der Waals surface area contributed by atoms with Crippen molar-refractivity contribution in [3.05, 3.63) is 53.9 Å². The molecule has 1 aliphatic heterocycles. The maximum Gasteiger partial charge on any atom is 0.265 e. The van der Waals surface area contributed by atoms with Gasteiger partial charge < -0.3 is 10.1 Å². The van der Waals surface area contributed by atoms with Crippen LogP contribution in [-0.2, 0) is 4.79 Å². The van der Waals surface area contributed by atoms with E-state index in [-0.39, 0.29) is 11.7 Å². The number of pyridine rings is 1. The number of anilines is 1. The number of hydrogen-bond donors (Lipinski definition) is 1. The van der Waals surface area contributed by atoms with E-state index in [0.717, 1.165) is 0 Å². The van der Waals surface area contributed by atoms with Crippen molar-refractivity contribution in [2.75, 3.05) is 5.32 Å². The third-order valence-electron chi connectivity index (χ3n) is 3.12. The number of nitrogens with one attached hydrogen (secondary N) is 1. The predicted molar refractivity (Wildman–Crippen MR) is 72.8 cm³/mol. The van der Waals surface area contributed by atoms with E-state index < -0.39 is 6.10 Å². The predicted octanol–water partition coefficient (Wildman–Crippen LogP) is 2.03. The zero-order valence-electron chi connectivity index (χ0n) is 10.8. The molecule has 3 rings (SSSR count). The Labute approximate surface area is 115 Å². The maximum atomic E-state index is 12.3. The molecule has 20 heavy (non-hydrogen) atoms. The second-order valence-corrected chi connectivity index (χ2v) is 4.53. The minimum absolute atomic E-state index is 0.122. The van der Waals surface area contributed by atoms with Crippen molar-refractivity contribution in [2.45, 2.75) is 13.0 Å². The van der Waals surface area contributed by atoms with Crippen LogP contribution in [0.15, 0.2) is 42.7 Å². The summed E-state index contributed by atoms with van der Waals surface area (Å²) in [6.45, 7) is 1.67. The second-order valence-electron chi connectivity index (χ2n) is 4.53. The zero-order valence-corrected chi connectivity index (χ0v) is 10.8. The van der Waals surface area contributed by atoms with Crippen LogP contribution in [0.2, 0.25) is 0 Å². The van der Waals surface area contributed by atoms with Gasteiger partial charge in [0.2, 0.25) is 0 Å². The summed E-state index contributed by atoms with van der Waals surface area (Å²) in [5.41, 5.74) is 1.57. The monoisotopic (exact) mass is 268 g/mol. The molecule has 0 radical (unpaired) electrons. The first kappa shape index (κ1) is 12.3. The van der Waals surface area contributed by atoms with Crippen LogP contribution in [0.5, 0.6) is 5.75 Å². The summed E-state index contributed by atoms with van der Waals surface area (Å²) in [5, 5.41) is 2.73. The number of nitrogens with zero attached hydrogens (tertiary/aromatic N) is 1. The molecule has 1 unspecified atom stereocenters. The highest BCUT2D eigenvalue weighted by molar-refractivity contribution is 6.10. The lowest BCUT2D eigenvalue weighted by molar-refractivity contribution is -0.122. The maximum absolute atomic E-state index is 12.3. The molecular weight excluding hydrogens is 256 g/mol. The van der Waals surface area contributed by atoms with Gasteiger partial charge in [-0.2, -0.15) is 0 Å². The molecule has 1 aliphatic rings. The van der Waals surface area contributed by atoms with Crippen LogP contribution in [0, 0.1) is 0 Å². The molecule has 0 aliphatic carbocycles. The molecule has 100 valence electrons. The molecule has 1 N–H and O–H groups in total. The Morgan fingerprint density at radius 3 is 2.70 bits per heavy atom. The normalized spacial score (nSPS) is 16.9. The van der Waals surface area contributed by atoms with Gasteiger partial charge in [-0.15, -0.1) is 0 Å². The summed E-state index contributed by atoms with van der Waals surface area (Å²) in [4.78, 5) is 27.8. The SMILES string of the molecule is CC1Oc2ccc(C(=O)c3ccncc3)cc2NC1=O. The third kappa shape index (κ3) is 2.14. The number of ketones is 1. The summed E-state index contributed by atoms with van der Waals surface area (Å²) >= 11 is 0. The van der Waals surface area contributed by atoms with E-state index in [0.29, 0.717) is 22.6 Å². The number of ether oxygens (including phenoxy) is 1. The molecule has 5 nitrogen and oxygen atoms in total. The number of carbonyl (C=O) groups is 2. The topological polar surface area (TPSA) is 68.3 Å². The van der Waals surface area contributed by atoms with Gasteiger partial charge in [0.05, 0.1) is 5.69 Å². The number of fused-ring (bicyclic) bond motifs is 1. The first-order valence-corrected chi connectivity index (χ1v) is 6.21. The van der Waals surface area contributed by atoms with Crippen LogP contribution in [-0.4, -0.2) is 22.8 Å². The van der Waals surface area contributed by atoms with E-state index in [1.165, 1.54) is 0 Å². The largest absolute Gasteiger partial charge is 0.479 e. The Morgan fingerprint density at radius 2 is 1.95 bits per heavy atom. The number of aromatic nitrogens is 1. The van der Waals surface area contributed by atoms with E-state index in [2.05, 4.69) is 10.3 Å². The third-order valence-corrected chi connectivity index (χ3v) is 3.12. The second kappa shape index (κ2) is 4.77. The Kier molecular flexibility index (Phi) is 2.95. The summed E-state index contributed by atoms with van der Waals surface area (Å²) in [7, 11) is 0. The molecule has 2 heterocycles. The molecule has 0 saturated heterocycles. The van der Waals surface area contributed by atoms with Crippen LogP contribution >= 0.6 is 0 Å². The van der Waals surface area contributed by atoms with Crippen LogP contribution in [0.3, 0.4) is 0 Å². The fourth-order valence-corrected chi connectivity index (χ4v) is 2.02. The van der Waals surface area contributed by atoms with Gasteiger partial charge in [-0.25, -0.2) is 0 Å². The number of rotatable bonds is 2. The standard InChI is InChI=1S/C15H12N2O3/c1-9-15(19)17-12-8-11(2-3-13(12)20-9)14(18)10-4-6-16-7-5-10/h2-9H,1H3,(H,17,19). The highest BCUT2D eigenvalue weighted by Gasteiger charge is 2.24. The Morgan fingerprint density at radius 1 is 1.20 bits per heavy atom. The minimum Gasteiger partial charge on any atom is -0.479 e. The van der Waals surface area contributed by atoms with Gasteiger partial charge in [0.1, 0.15) is 5.75 Å². The van der Waals surface area contributed by atoms with Gasteiger partial charge in [0.15, 0.2) is 11.9 Å². The van der Waals surface area contributed by atoms with Gasteiger partial charge in [-0.05, 0) is 37.3 Å². The van der Waals surface area contributed by atoms with Crippen molar-refractivity contribution in [3.8, 4) is 5.75 Å². The molecule has 0 fully saturated rings. The molecule has 0 saturated carbocycles. The summed E-state index contributed by atoms with van der Waals surface area (Å²) in [5.74, 6) is 0.234. The van der Waals surface area contributed by atoms with Gasteiger partial charge in [-0.1, -0.05) is 0 Å². The molecule has 0 bridgehead atoms. The van der Waals surface area contributed by atoms with Crippen molar-refractivity contribution in [1.82, 2.24) is 4.98 Å². The molecule has 0 spiro atoms. The van der Waals surface area contributed by atoms with Crippen molar-refractivity contribution >= 4 is 17.4 Å². The molecular formula is C15H12N2O3. The van der Waals surface area contributed by atoms with Crippen molar-refractivity contribution < 1.29 is 14.3 Å². The van der Waals surface area contributed by atoms with Crippen LogP contribution in [0.25, 0.3) is 0 Å². The molecule has 1 aromatic heterocycles. The number of hydrogen-bond acceptors (Lipinski definition) is 4. The smallest absolute Gasteiger partial charge is 0.265 e. The highest BCUT2D eigenvalue weighted by atomic mass is 16.5. The molecule has 1 amide bonds. The lowest BCUT2D eigenvalue weighted by Crippen LogP contribution is -2.34. The van der Waals surface area contributed by atoms with E-state index >= 15 is 0 Å². The Balaban J connectivity index is 1.95. The fourth-order valence-electron chi connectivity index (χ4n) is 2.02. The minimum atomic E-state index is -0.524. The average Bonchev–Trinajstić information content (AvgIpc) is 2.48. The zero-order chi connectivity index (χ0) is 14.1. The molecule has 1 atom stereocenters. The number of amides is 1. The van der Waals surface area contributed by atoms with Crippen LogP contribution < -0.4 is 10.1 Å². The van der Waals surface area contributed by atoms with E-state index in [1.807, 2.05) is 0 Å². The molecule has 2 aromatic rings. The molecule has 1 aromatic carbocycles. The lowest BCUT2D eigenvalue weighted by Gasteiger charge is -2.23. The molecule has 5 heteroatoms. The van der Waals surface area contributed by atoms with E-state index in [1.54, 1.807) is 49.6 Å². The van der Waals surface area contributed by atoms with Crippen molar-refractivity contribution in [2.24, 2.45) is 0 Å². The first-order valence-electron chi connectivity index (χ1n) is 6.21. The summed E-state index contributed by atoms with van der Waals surface area (Å²) in [6.07, 6.45) is 2.61. The number of carbonyl (C=O) groups excluding carboxylic acids is 2. The van der Waals surface area contributed by atoms with E-state index in [9.17, 15) is 9.59 Å². The van der Waals surface area contributed by atoms with Crippen molar-refractivity contribution in [3.63, 3.8) is 0 Å². The van der Waals surface area contributed by atoms with Gasteiger partial charge in [0, 0.05) is 23.5 Å². The van der Waals surface area contributed by atoms with Gasteiger partial charge in [0.25, 0.3) is 5.91 Å². The van der Waals surface area contributed by atoms with Crippen LogP contribution in [0.1, 0.15) is 22.8 Å². The van der Waals surface area contributed by atoms with Gasteiger partial charge in [-0.3, -0.25) is 14.6 Å². The fraction of sp³-hybridized carbons (Fsp3) is 0.133. The number of benzene rings is 1. The summed E-state index contributed by atoms with van der Waals surface area (Å²) < 4.78 is 5.45. The first-order chi connectivity index (χ1) is 9.65. The van der Waals surface area contributed by atoms with Crippen LogP contribution in [0.4, 0.5) is 5.69 Å². The van der Waals surface area contributed by atoms with Crippen molar-refractivity contribution in [1.29, 1.82) is 0 Å². The summed E-state index contributed by atoms with van der Waals surface area (Å²) in [6, 6.07) is 8.31. The Bertz CT molecular complexity index is 683.